The second-order valence-electron chi connectivity index (χ2n) is 3.97. The molecule has 1 heterocycles. The van der Waals surface area contributed by atoms with Crippen LogP contribution < -0.4 is 5.73 Å². The van der Waals surface area contributed by atoms with Crippen molar-refractivity contribution in [3.05, 3.63) is 0 Å². The van der Waals surface area contributed by atoms with E-state index in [1.807, 2.05) is 0 Å². The summed E-state index contributed by atoms with van der Waals surface area (Å²) in [5.41, 5.74) is -0.0253. The van der Waals surface area contributed by atoms with Crippen molar-refractivity contribution in [1.82, 2.24) is 4.90 Å². The zero-order chi connectivity index (χ0) is 16.3. The highest BCUT2D eigenvalue weighted by atomic mass is 32.2. The Morgan fingerprint density at radius 1 is 1.50 bits per heavy atom. The van der Waals surface area contributed by atoms with Gasteiger partial charge in [-0.15, -0.1) is 0 Å². The van der Waals surface area contributed by atoms with Crippen LogP contribution in [0.15, 0.2) is 4.99 Å². The van der Waals surface area contributed by atoms with Crippen molar-refractivity contribution in [3.8, 4) is 0 Å². The number of carbonyl (C=O) groups excluding carboxylic acids is 1. The molecule has 2 atom stereocenters. The summed E-state index contributed by atoms with van der Waals surface area (Å²) in [6.45, 7) is 0. The minimum atomic E-state index is -5.84. The summed E-state index contributed by atoms with van der Waals surface area (Å²) in [5, 5.41) is -0.0566. The van der Waals surface area contributed by atoms with Crippen molar-refractivity contribution in [1.29, 1.82) is 0 Å². The van der Waals surface area contributed by atoms with Crippen LogP contribution in [-0.4, -0.2) is 60.5 Å². The van der Waals surface area contributed by atoms with Gasteiger partial charge in [0.15, 0.2) is 0 Å². The molecule has 0 bridgehead atoms. The molecule has 3 N–H and O–H groups in total. The largest absolute Gasteiger partial charge is 0.522 e. The Labute approximate surface area is 119 Å². The van der Waals surface area contributed by atoms with Crippen LogP contribution >= 0.6 is 12.6 Å². The van der Waals surface area contributed by atoms with E-state index in [1.165, 1.54) is 4.90 Å². The van der Waals surface area contributed by atoms with E-state index in [2.05, 4.69) is 17.6 Å². The molecule has 1 aliphatic rings. The molecule has 118 valence electrons. The number of hydrogen-bond donors (Lipinski definition) is 3. The first-order valence-corrected chi connectivity index (χ1v) is 6.99. The summed E-state index contributed by atoms with van der Waals surface area (Å²) in [4.78, 5) is 16.9. The Bertz CT molecular complexity index is 490. The average Bonchev–Trinajstić information content (AvgIpc) is 2.56. The van der Waals surface area contributed by atoms with Gasteiger partial charge in [-0.25, -0.2) is 0 Å². The van der Waals surface area contributed by atoms with Gasteiger partial charge in [0.2, 0.25) is 5.91 Å². The molecule has 0 aromatic rings. The molecule has 0 aromatic heterocycles. The SMILES string of the molecule is CN(C)C(=O)[C@@H]1CC(S)C(N)=N1.O=S(=O)(O)C(F)(F)F. The van der Waals surface area contributed by atoms with Crippen molar-refractivity contribution in [2.75, 3.05) is 14.1 Å². The Balaban J connectivity index is 0.000000396. The highest BCUT2D eigenvalue weighted by Gasteiger charge is 2.44. The molecule has 0 aromatic carbocycles. The van der Waals surface area contributed by atoms with Gasteiger partial charge in [0.25, 0.3) is 0 Å². The minimum Gasteiger partial charge on any atom is -0.387 e. The summed E-state index contributed by atoms with van der Waals surface area (Å²) in [7, 11) is -2.42. The number of halogens is 3. The average molecular weight is 337 g/mol. The van der Waals surface area contributed by atoms with Crippen LogP contribution in [0.3, 0.4) is 0 Å². The predicted molar refractivity (Wildman–Crippen MR) is 69.1 cm³/mol. The number of hydrogen-bond acceptors (Lipinski definition) is 6. The van der Waals surface area contributed by atoms with Crippen LogP contribution in [0.2, 0.25) is 0 Å². The topological polar surface area (TPSA) is 113 Å². The molecule has 12 heteroatoms. The van der Waals surface area contributed by atoms with Crippen molar-refractivity contribution in [2.45, 2.75) is 23.2 Å². The van der Waals surface area contributed by atoms with Crippen LogP contribution in [0.25, 0.3) is 0 Å². The molecule has 20 heavy (non-hydrogen) atoms. The van der Waals surface area contributed by atoms with Crippen molar-refractivity contribution in [2.24, 2.45) is 10.7 Å². The van der Waals surface area contributed by atoms with E-state index in [0.717, 1.165) is 0 Å². The lowest BCUT2D eigenvalue weighted by molar-refractivity contribution is -0.129. The van der Waals surface area contributed by atoms with Gasteiger partial charge in [-0.05, 0) is 6.42 Å². The van der Waals surface area contributed by atoms with E-state index < -0.39 is 15.6 Å². The zero-order valence-corrected chi connectivity index (χ0v) is 12.2. The van der Waals surface area contributed by atoms with Gasteiger partial charge < -0.3 is 10.6 Å². The first kappa shape index (κ1) is 19.0. The van der Waals surface area contributed by atoms with E-state index in [9.17, 15) is 18.0 Å². The number of amidine groups is 1. The van der Waals surface area contributed by atoms with Crippen molar-refractivity contribution >= 4 is 34.5 Å². The third-order valence-electron chi connectivity index (χ3n) is 2.11. The lowest BCUT2D eigenvalue weighted by atomic mass is 10.2. The Hall–Kier alpha value is -1.01. The highest BCUT2D eigenvalue weighted by molar-refractivity contribution is 7.86. The van der Waals surface area contributed by atoms with Gasteiger partial charge >= 0.3 is 15.6 Å². The molecular weight excluding hydrogens is 323 g/mol. The van der Waals surface area contributed by atoms with Gasteiger partial charge in [-0.3, -0.25) is 14.3 Å². The van der Waals surface area contributed by atoms with Crippen molar-refractivity contribution < 1.29 is 30.9 Å². The van der Waals surface area contributed by atoms with Crippen LogP contribution in [0.4, 0.5) is 13.2 Å². The number of rotatable bonds is 1. The van der Waals surface area contributed by atoms with E-state index in [0.29, 0.717) is 12.3 Å². The second kappa shape index (κ2) is 6.63. The number of nitrogens with two attached hydrogens (primary N) is 1. The van der Waals surface area contributed by atoms with Gasteiger partial charge in [-0.1, -0.05) is 0 Å². The molecule has 0 fully saturated rings. The zero-order valence-electron chi connectivity index (χ0n) is 10.5. The number of carbonyl (C=O) groups is 1. The molecular formula is C8H14F3N3O4S2. The third kappa shape index (κ3) is 5.54. The lowest BCUT2D eigenvalue weighted by Crippen LogP contribution is -2.31. The van der Waals surface area contributed by atoms with E-state index in [-0.39, 0.29) is 17.2 Å². The summed E-state index contributed by atoms with van der Waals surface area (Å²) in [6, 6.07) is -0.317. The smallest absolute Gasteiger partial charge is 0.387 e. The summed E-state index contributed by atoms with van der Waals surface area (Å²) < 4.78 is 57.5. The third-order valence-corrected chi connectivity index (χ3v) is 3.17. The van der Waals surface area contributed by atoms with E-state index in [4.69, 9.17) is 18.7 Å². The van der Waals surface area contributed by atoms with Crippen LogP contribution in [0.1, 0.15) is 6.42 Å². The molecule has 0 saturated carbocycles. The minimum absolute atomic E-state index is 0.00509. The van der Waals surface area contributed by atoms with Gasteiger partial charge in [0, 0.05) is 14.1 Å². The number of aliphatic imine (C=N–C) groups is 1. The molecule has 0 aliphatic carbocycles. The molecule has 1 rings (SSSR count). The maximum Gasteiger partial charge on any atom is 0.522 e. The Kier molecular flexibility index (Phi) is 6.29. The molecule has 7 nitrogen and oxygen atoms in total. The highest BCUT2D eigenvalue weighted by Crippen LogP contribution is 2.20. The molecule has 1 aliphatic heterocycles. The summed E-state index contributed by atoms with van der Waals surface area (Å²) >= 11 is 4.18. The number of likely N-dealkylation sites (N-methyl/N-ethyl adjacent to an activating group) is 1. The molecule has 1 amide bonds. The summed E-state index contributed by atoms with van der Waals surface area (Å²) in [6.07, 6.45) is 0.617. The number of thiol groups is 1. The lowest BCUT2D eigenvalue weighted by Gasteiger charge is -2.13. The first-order valence-electron chi connectivity index (χ1n) is 5.03. The fourth-order valence-electron chi connectivity index (χ4n) is 1.10. The van der Waals surface area contributed by atoms with Crippen LogP contribution in [-0.2, 0) is 14.9 Å². The van der Waals surface area contributed by atoms with Crippen LogP contribution in [0.5, 0.6) is 0 Å². The first-order chi connectivity index (χ1) is 8.77. The maximum absolute atomic E-state index is 11.4. The summed E-state index contributed by atoms with van der Waals surface area (Å²) in [5.74, 6) is 0.466. The van der Waals surface area contributed by atoms with Gasteiger partial charge in [0.1, 0.15) is 11.9 Å². The van der Waals surface area contributed by atoms with Gasteiger partial charge in [0.05, 0.1) is 5.25 Å². The number of nitrogens with zero attached hydrogens (tertiary/aromatic N) is 2. The normalized spacial score (nSPS) is 22.6. The predicted octanol–water partition coefficient (Wildman–Crippen LogP) is -0.103. The number of amides is 1. The fourth-order valence-corrected chi connectivity index (χ4v) is 1.37. The quantitative estimate of drug-likeness (QED) is 0.351. The van der Waals surface area contributed by atoms with E-state index >= 15 is 0 Å². The second-order valence-corrected chi connectivity index (χ2v) is 6.01. The number of alkyl halides is 3. The maximum atomic E-state index is 11.4. The van der Waals surface area contributed by atoms with E-state index in [1.54, 1.807) is 14.1 Å². The molecule has 1 unspecified atom stereocenters. The van der Waals surface area contributed by atoms with Crippen molar-refractivity contribution in [3.63, 3.8) is 0 Å². The van der Waals surface area contributed by atoms with Crippen LogP contribution in [0, 0.1) is 0 Å². The molecule has 0 saturated heterocycles. The monoisotopic (exact) mass is 337 g/mol. The Morgan fingerprint density at radius 3 is 2.10 bits per heavy atom. The fraction of sp³-hybridized carbons (Fsp3) is 0.750. The molecule has 0 radical (unpaired) electrons. The Morgan fingerprint density at radius 2 is 1.90 bits per heavy atom. The van der Waals surface area contributed by atoms with Gasteiger partial charge in [-0.2, -0.15) is 34.2 Å². The standard InChI is InChI=1S/C7H13N3OS.CHF3O3S/c1-10(2)7(11)4-3-5(12)6(8)9-4;2-1(3,4)8(5,6)7/h4-5,12H,3H2,1-2H3,(H2,8,9);(H,5,6,7)/t4-,5?;/m0./s1. The molecule has 0 spiro atoms.